The SMILES string of the molecule is CCNS(=O)(=O)c1ccc(NC(COC)C(C)C)cc1. The van der Waals surface area contributed by atoms with Crippen molar-refractivity contribution in [3.05, 3.63) is 24.3 Å². The maximum absolute atomic E-state index is 11.8. The molecule has 0 radical (unpaired) electrons. The summed E-state index contributed by atoms with van der Waals surface area (Å²) in [6.45, 7) is 6.97. The van der Waals surface area contributed by atoms with Crippen molar-refractivity contribution in [1.29, 1.82) is 0 Å². The molecule has 20 heavy (non-hydrogen) atoms. The first-order valence-electron chi connectivity index (χ1n) is 6.76. The van der Waals surface area contributed by atoms with Crippen molar-refractivity contribution in [2.45, 2.75) is 31.7 Å². The van der Waals surface area contributed by atoms with E-state index in [-0.39, 0.29) is 10.9 Å². The molecule has 0 aliphatic heterocycles. The van der Waals surface area contributed by atoms with Crippen molar-refractivity contribution < 1.29 is 13.2 Å². The van der Waals surface area contributed by atoms with Crippen molar-refractivity contribution in [2.24, 2.45) is 5.92 Å². The van der Waals surface area contributed by atoms with Gasteiger partial charge in [-0.15, -0.1) is 0 Å². The topological polar surface area (TPSA) is 67.4 Å². The Bertz CT molecular complexity index is 498. The van der Waals surface area contributed by atoms with Crippen LogP contribution in [0.15, 0.2) is 29.2 Å². The molecule has 0 saturated heterocycles. The van der Waals surface area contributed by atoms with Crippen molar-refractivity contribution in [1.82, 2.24) is 4.72 Å². The Balaban J connectivity index is 2.81. The fourth-order valence-electron chi connectivity index (χ4n) is 1.80. The highest BCUT2D eigenvalue weighted by molar-refractivity contribution is 7.89. The summed E-state index contributed by atoms with van der Waals surface area (Å²) in [6, 6.07) is 6.94. The van der Waals surface area contributed by atoms with Gasteiger partial charge in [0.1, 0.15) is 0 Å². The third-order valence-electron chi connectivity index (χ3n) is 3.00. The second-order valence-electron chi connectivity index (χ2n) is 4.98. The van der Waals surface area contributed by atoms with Crippen LogP contribution in [0.1, 0.15) is 20.8 Å². The van der Waals surface area contributed by atoms with Crippen molar-refractivity contribution in [3.8, 4) is 0 Å². The molecule has 0 fully saturated rings. The molecule has 1 atom stereocenters. The molecule has 114 valence electrons. The molecule has 0 saturated carbocycles. The normalized spacial score (nSPS) is 13.4. The van der Waals surface area contributed by atoms with Gasteiger partial charge in [-0.05, 0) is 30.2 Å². The van der Waals surface area contributed by atoms with E-state index < -0.39 is 10.0 Å². The van der Waals surface area contributed by atoms with Gasteiger partial charge >= 0.3 is 0 Å². The molecule has 0 aliphatic rings. The van der Waals surface area contributed by atoms with Gasteiger partial charge in [-0.3, -0.25) is 0 Å². The van der Waals surface area contributed by atoms with Gasteiger partial charge in [-0.25, -0.2) is 13.1 Å². The van der Waals surface area contributed by atoms with E-state index in [2.05, 4.69) is 23.9 Å². The third-order valence-corrected chi connectivity index (χ3v) is 4.56. The quantitative estimate of drug-likeness (QED) is 0.771. The van der Waals surface area contributed by atoms with Gasteiger partial charge in [-0.2, -0.15) is 0 Å². The van der Waals surface area contributed by atoms with E-state index in [9.17, 15) is 8.42 Å². The lowest BCUT2D eigenvalue weighted by atomic mass is 10.1. The highest BCUT2D eigenvalue weighted by Crippen LogP contribution is 2.16. The third kappa shape index (κ3) is 4.77. The van der Waals surface area contributed by atoms with Crippen LogP contribution >= 0.6 is 0 Å². The number of hydrogen-bond donors (Lipinski definition) is 2. The Morgan fingerprint density at radius 3 is 2.25 bits per heavy atom. The van der Waals surface area contributed by atoms with Crippen LogP contribution < -0.4 is 10.0 Å². The zero-order valence-corrected chi connectivity index (χ0v) is 13.3. The lowest BCUT2D eigenvalue weighted by Gasteiger charge is -2.22. The summed E-state index contributed by atoms with van der Waals surface area (Å²) in [6.07, 6.45) is 0. The number of anilines is 1. The molecule has 6 heteroatoms. The summed E-state index contributed by atoms with van der Waals surface area (Å²) in [5, 5.41) is 3.35. The Kier molecular flexibility index (Phi) is 6.45. The number of methoxy groups -OCH3 is 1. The van der Waals surface area contributed by atoms with Crippen molar-refractivity contribution in [2.75, 3.05) is 25.6 Å². The van der Waals surface area contributed by atoms with Crippen molar-refractivity contribution >= 4 is 15.7 Å². The molecule has 5 nitrogen and oxygen atoms in total. The smallest absolute Gasteiger partial charge is 0.240 e. The fourth-order valence-corrected chi connectivity index (χ4v) is 2.84. The van der Waals surface area contributed by atoms with E-state index in [1.807, 2.05) is 0 Å². The number of sulfonamides is 1. The van der Waals surface area contributed by atoms with E-state index in [1.54, 1.807) is 38.3 Å². The van der Waals surface area contributed by atoms with E-state index in [0.717, 1.165) is 5.69 Å². The predicted octanol–water partition coefficient (Wildman–Crippen LogP) is 2.07. The second-order valence-corrected chi connectivity index (χ2v) is 6.74. The summed E-state index contributed by atoms with van der Waals surface area (Å²) in [5.74, 6) is 0.417. The Hall–Kier alpha value is -1.11. The van der Waals surface area contributed by atoms with Crippen LogP contribution in [-0.4, -0.2) is 34.7 Å². The van der Waals surface area contributed by atoms with Crippen LogP contribution in [0.5, 0.6) is 0 Å². The van der Waals surface area contributed by atoms with Gasteiger partial charge in [0.05, 0.1) is 17.5 Å². The number of hydrogen-bond acceptors (Lipinski definition) is 4. The molecule has 1 aromatic carbocycles. The Morgan fingerprint density at radius 2 is 1.80 bits per heavy atom. The van der Waals surface area contributed by atoms with Crippen LogP contribution in [0.2, 0.25) is 0 Å². The zero-order chi connectivity index (χ0) is 15.2. The average molecular weight is 300 g/mol. The van der Waals surface area contributed by atoms with Gasteiger partial charge < -0.3 is 10.1 Å². The molecule has 1 aromatic rings. The lowest BCUT2D eigenvalue weighted by Crippen LogP contribution is -2.30. The molecule has 0 aliphatic carbocycles. The van der Waals surface area contributed by atoms with Gasteiger partial charge in [0.15, 0.2) is 0 Å². The maximum atomic E-state index is 11.8. The largest absolute Gasteiger partial charge is 0.383 e. The summed E-state index contributed by atoms with van der Waals surface area (Å²) < 4.78 is 31.3. The minimum absolute atomic E-state index is 0.191. The van der Waals surface area contributed by atoms with Crippen LogP contribution in [0.3, 0.4) is 0 Å². The first kappa shape index (κ1) is 16.9. The molecule has 1 rings (SSSR count). The summed E-state index contributed by atoms with van der Waals surface area (Å²) in [4.78, 5) is 0.276. The molecule has 0 bridgehead atoms. The Labute approximate surface area is 121 Å². The highest BCUT2D eigenvalue weighted by atomic mass is 32.2. The molecule has 0 aromatic heterocycles. The molecule has 0 spiro atoms. The maximum Gasteiger partial charge on any atom is 0.240 e. The van der Waals surface area contributed by atoms with E-state index >= 15 is 0 Å². The zero-order valence-electron chi connectivity index (χ0n) is 12.5. The number of ether oxygens (including phenoxy) is 1. The molecular weight excluding hydrogens is 276 g/mol. The fraction of sp³-hybridized carbons (Fsp3) is 0.571. The molecular formula is C14H24N2O3S. The second kappa shape index (κ2) is 7.61. The minimum atomic E-state index is -3.38. The van der Waals surface area contributed by atoms with Crippen LogP contribution in [-0.2, 0) is 14.8 Å². The van der Waals surface area contributed by atoms with Crippen LogP contribution in [0, 0.1) is 5.92 Å². The standard InChI is InChI=1S/C14H24N2O3S/c1-5-15-20(17,18)13-8-6-12(7-9-13)16-14(10-19-4)11(2)3/h6-9,11,14-16H,5,10H2,1-4H3. The Morgan fingerprint density at radius 1 is 1.20 bits per heavy atom. The van der Waals surface area contributed by atoms with Gasteiger partial charge in [-0.1, -0.05) is 20.8 Å². The first-order chi connectivity index (χ1) is 9.40. The van der Waals surface area contributed by atoms with Gasteiger partial charge in [0, 0.05) is 19.3 Å². The van der Waals surface area contributed by atoms with Gasteiger partial charge in [0.2, 0.25) is 10.0 Å². The predicted molar refractivity (Wildman–Crippen MR) is 81.4 cm³/mol. The molecule has 0 amide bonds. The first-order valence-corrected chi connectivity index (χ1v) is 8.24. The number of benzene rings is 1. The molecule has 0 heterocycles. The van der Waals surface area contributed by atoms with Gasteiger partial charge in [0.25, 0.3) is 0 Å². The monoisotopic (exact) mass is 300 g/mol. The average Bonchev–Trinajstić information content (AvgIpc) is 2.38. The van der Waals surface area contributed by atoms with E-state index in [1.165, 1.54) is 0 Å². The van der Waals surface area contributed by atoms with Crippen molar-refractivity contribution in [3.63, 3.8) is 0 Å². The highest BCUT2D eigenvalue weighted by Gasteiger charge is 2.15. The summed E-state index contributed by atoms with van der Waals surface area (Å²) in [5.41, 5.74) is 0.885. The van der Waals surface area contributed by atoms with E-state index in [0.29, 0.717) is 19.1 Å². The van der Waals surface area contributed by atoms with Crippen LogP contribution in [0.25, 0.3) is 0 Å². The lowest BCUT2D eigenvalue weighted by molar-refractivity contribution is 0.171. The van der Waals surface area contributed by atoms with Crippen LogP contribution in [0.4, 0.5) is 5.69 Å². The number of nitrogens with one attached hydrogen (secondary N) is 2. The molecule has 1 unspecified atom stereocenters. The summed E-state index contributed by atoms with van der Waals surface area (Å²) >= 11 is 0. The number of rotatable bonds is 8. The summed E-state index contributed by atoms with van der Waals surface area (Å²) in [7, 11) is -1.71. The molecule has 2 N–H and O–H groups in total. The minimum Gasteiger partial charge on any atom is -0.383 e. The van der Waals surface area contributed by atoms with E-state index in [4.69, 9.17) is 4.74 Å².